The van der Waals surface area contributed by atoms with Crippen molar-refractivity contribution in [1.29, 1.82) is 0 Å². The van der Waals surface area contributed by atoms with E-state index in [1.165, 1.54) is 6.07 Å². The Morgan fingerprint density at radius 1 is 1.35 bits per heavy atom. The van der Waals surface area contributed by atoms with Crippen LogP contribution in [0.3, 0.4) is 0 Å². The molecule has 3 rings (SSSR count). The van der Waals surface area contributed by atoms with Gasteiger partial charge in [0, 0.05) is 5.56 Å². The number of hydrogen-bond donors (Lipinski definition) is 1. The van der Waals surface area contributed by atoms with Gasteiger partial charge in [0.05, 0.1) is 6.54 Å². The lowest BCUT2D eigenvalue weighted by atomic mass is 10.1. The molecular formula is C15H15FN2O2. The second-order valence-electron chi connectivity index (χ2n) is 5.00. The molecule has 1 N–H and O–H groups in total. The van der Waals surface area contributed by atoms with E-state index in [-0.39, 0.29) is 17.9 Å². The van der Waals surface area contributed by atoms with Gasteiger partial charge in [0.25, 0.3) is 0 Å². The molecule has 1 unspecified atom stereocenters. The van der Waals surface area contributed by atoms with Gasteiger partial charge in [0.1, 0.15) is 23.5 Å². The van der Waals surface area contributed by atoms with Crippen LogP contribution in [0.2, 0.25) is 0 Å². The van der Waals surface area contributed by atoms with Crippen LogP contribution in [0, 0.1) is 12.7 Å². The number of halogens is 1. The summed E-state index contributed by atoms with van der Waals surface area (Å²) in [5.41, 5.74) is 1.28. The Bertz CT molecular complexity index is 666. The van der Waals surface area contributed by atoms with Gasteiger partial charge in [-0.2, -0.15) is 0 Å². The fourth-order valence-electron chi connectivity index (χ4n) is 2.43. The molecule has 1 amide bonds. The predicted molar refractivity (Wildman–Crippen MR) is 72.4 cm³/mol. The van der Waals surface area contributed by atoms with Crippen molar-refractivity contribution in [3.8, 4) is 11.3 Å². The monoisotopic (exact) mass is 274 g/mol. The first kappa shape index (κ1) is 12.9. The van der Waals surface area contributed by atoms with Gasteiger partial charge >= 0.3 is 0 Å². The van der Waals surface area contributed by atoms with Crippen LogP contribution >= 0.6 is 0 Å². The molecule has 2 heterocycles. The van der Waals surface area contributed by atoms with E-state index < -0.39 is 0 Å². The lowest BCUT2D eigenvalue weighted by Gasteiger charge is -2.15. The van der Waals surface area contributed by atoms with Crippen molar-refractivity contribution in [2.45, 2.75) is 13.1 Å². The third kappa shape index (κ3) is 2.10. The molecule has 4 nitrogen and oxygen atoms in total. The summed E-state index contributed by atoms with van der Waals surface area (Å²) < 4.78 is 19.4. The molecular weight excluding hydrogens is 259 g/mol. The van der Waals surface area contributed by atoms with Gasteiger partial charge in [-0.1, -0.05) is 12.1 Å². The Labute approximate surface area is 116 Å². The lowest BCUT2D eigenvalue weighted by Crippen LogP contribution is -2.23. The molecule has 0 aliphatic carbocycles. The Hall–Kier alpha value is -2.14. The van der Waals surface area contributed by atoms with Gasteiger partial charge in [0.15, 0.2) is 0 Å². The van der Waals surface area contributed by atoms with Gasteiger partial charge in [-0.3, -0.25) is 9.69 Å². The summed E-state index contributed by atoms with van der Waals surface area (Å²) in [6.45, 7) is 2.07. The van der Waals surface area contributed by atoms with E-state index in [1.54, 1.807) is 19.1 Å². The van der Waals surface area contributed by atoms with Gasteiger partial charge in [0.2, 0.25) is 5.91 Å². The zero-order valence-electron chi connectivity index (χ0n) is 11.3. The average molecular weight is 274 g/mol. The topological polar surface area (TPSA) is 45.5 Å². The lowest BCUT2D eigenvalue weighted by molar-refractivity contribution is -0.118. The van der Waals surface area contributed by atoms with E-state index in [2.05, 4.69) is 5.32 Å². The smallest absolute Gasteiger partial charge is 0.235 e. The maximum atomic E-state index is 13.6. The second-order valence-corrected chi connectivity index (χ2v) is 5.00. The van der Waals surface area contributed by atoms with Gasteiger partial charge in [-0.15, -0.1) is 0 Å². The van der Waals surface area contributed by atoms with Crippen LogP contribution in [0.1, 0.15) is 17.5 Å². The summed E-state index contributed by atoms with van der Waals surface area (Å²) in [4.78, 5) is 13.2. The van der Waals surface area contributed by atoms with Crippen LogP contribution in [0.25, 0.3) is 11.3 Å². The van der Waals surface area contributed by atoms with Crippen molar-refractivity contribution in [2.24, 2.45) is 0 Å². The molecule has 1 saturated heterocycles. The summed E-state index contributed by atoms with van der Waals surface area (Å²) >= 11 is 0. The molecule has 104 valence electrons. The molecule has 1 aliphatic rings. The summed E-state index contributed by atoms with van der Waals surface area (Å²) in [6.07, 6.45) is -0.259. The highest BCUT2D eigenvalue weighted by Gasteiger charge is 2.30. The Balaban J connectivity index is 1.94. The third-order valence-corrected chi connectivity index (χ3v) is 3.56. The highest BCUT2D eigenvalue weighted by molar-refractivity contribution is 5.80. The summed E-state index contributed by atoms with van der Waals surface area (Å²) in [5, 5.41) is 2.83. The molecule has 1 fully saturated rings. The highest BCUT2D eigenvalue weighted by atomic mass is 19.1. The van der Waals surface area contributed by atoms with Crippen LogP contribution < -0.4 is 5.32 Å². The first-order chi connectivity index (χ1) is 9.56. The highest BCUT2D eigenvalue weighted by Crippen LogP contribution is 2.30. The van der Waals surface area contributed by atoms with Crippen molar-refractivity contribution in [3.05, 3.63) is 47.5 Å². The van der Waals surface area contributed by atoms with E-state index >= 15 is 0 Å². The minimum atomic E-state index is -0.259. The quantitative estimate of drug-likeness (QED) is 0.915. The summed E-state index contributed by atoms with van der Waals surface area (Å²) in [7, 11) is 1.85. The number of carbonyl (C=O) groups excluding carboxylic acids is 1. The van der Waals surface area contributed by atoms with Crippen LogP contribution in [-0.4, -0.2) is 24.4 Å². The van der Waals surface area contributed by atoms with Crippen LogP contribution in [0.15, 0.2) is 34.7 Å². The number of carbonyl (C=O) groups is 1. The van der Waals surface area contributed by atoms with Gasteiger partial charge in [-0.25, -0.2) is 4.39 Å². The zero-order valence-corrected chi connectivity index (χ0v) is 11.3. The number of furan rings is 1. The van der Waals surface area contributed by atoms with E-state index in [0.717, 1.165) is 5.56 Å². The fourth-order valence-corrected chi connectivity index (χ4v) is 2.43. The van der Waals surface area contributed by atoms with Crippen molar-refractivity contribution >= 4 is 5.91 Å². The molecule has 0 spiro atoms. The number of likely N-dealkylation sites (N-methyl/N-ethyl adjacent to an activating group) is 1. The number of rotatable bonds is 2. The van der Waals surface area contributed by atoms with Crippen molar-refractivity contribution < 1.29 is 13.6 Å². The Morgan fingerprint density at radius 3 is 2.85 bits per heavy atom. The molecule has 1 atom stereocenters. The molecule has 5 heteroatoms. The largest absolute Gasteiger partial charge is 0.457 e. The van der Waals surface area contributed by atoms with Crippen molar-refractivity contribution in [1.82, 2.24) is 10.2 Å². The Kier molecular flexibility index (Phi) is 3.06. The molecule has 1 aromatic heterocycles. The molecule has 1 aromatic carbocycles. The molecule has 20 heavy (non-hydrogen) atoms. The zero-order chi connectivity index (χ0) is 14.3. The van der Waals surface area contributed by atoms with Gasteiger partial charge in [-0.05, 0) is 37.7 Å². The molecule has 0 saturated carbocycles. The fraction of sp³-hybridized carbons (Fsp3) is 0.267. The number of nitrogens with one attached hydrogen (secondary N) is 1. The SMILES string of the molecule is Cc1c(F)cccc1-c1ccc(C2NC(=O)CN2C)o1. The first-order valence-corrected chi connectivity index (χ1v) is 6.41. The van der Waals surface area contributed by atoms with Crippen LogP contribution in [0.5, 0.6) is 0 Å². The maximum Gasteiger partial charge on any atom is 0.235 e. The standard InChI is InChI=1S/C15H15FN2O2/c1-9-10(4-3-5-11(9)16)12-6-7-13(20-12)15-17-14(19)8-18(15)2/h3-7,15H,8H2,1-2H3,(H,17,19). The van der Waals surface area contributed by atoms with Crippen LogP contribution in [-0.2, 0) is 4.79 Å². The van der Waals surface area contributed by atoms with E-state index in [9.17, 15) is 9.18 Å². The number of nitrogens with zero attached hydrogens (tertiary/aromatic N) is 1. The molecule has 0 bridgehead atoms. The number of amides is 1. The number of hydrogen-bond acceptors (Lipinski definition) is 3. The second kappa shape index (κ2) is 4.76. The Morgan fingerprint density at radius 2 is 2.15 bits per heavy atom. The van der Waals surface area contributed by atoms with E-state index in [0.29, 0.717) is 23.6 Å². The van der Waals surface area contributed by atoms with Crippen molar-refractivity contribution in [2.75, 3.05) is 13.6 Å². The molecule has 0 radical (unpaired) electrons. The minimum absolute atomic E-state index is 0.0302. The van der Waals surface area contributed by atoms with E-state index in [4.69, 9.17) is 4.42 Å². The third-order valence-electron chi connectivity index (χ3n) is 3.56. The van der Waals surface area contributed by atoms with Crippen molar-refractivity contribution in [3.63, 3.8) is 0 Å². The van der Waals surface area contributed by atoms with Gasteiger partial charge < -0.3 is 9.73 Å². The summed E-state index contributed by atoms with van der Waals surface area (Å²) in [6, 6.07) is 8.51. The molecule has 1 aliphatic heterocycles. The summed E-state index contributed by atoms with van der Waals surface area (Å²) in [5.74, 6) is 0.965. The normalized spacial score (nSPS) is 19.4. The van der Waals surface area contributed by atoms with Crippen LogP contribution in [0.4, 0.5) is 4.39 Å². The van der Waals surface area contributed by atoms with E-state index in [1.807, 2.05) is 24.1 Å². The predicted octanol–water partition coefficient (Wildman–Crippen LogP) is 2.45. The molecule has 2 aromatic rings. The average Bonchev–Trinajstić information content (AvgIpc) is 2.99. The minimum Gasteiger partial charge on any atom is -0.457 e. The number of benzene rings is 1. The first-order valence-electron chi connectivity index (χ1n) is 6.41. The maximum absolute atomic E-state index is 13.6.